The molecule has 2 fully saturated rings. The molecule has 2 aromatic heterocycles. The van der Waals surface area contributed by atoms with E-state index in [9.17, 15) is 19.5 Å². The van der Waals surface area contributed by atoms with Gasteiger partial charge in [-0.15, -0.1) is 0 Å². The van der Waals surface area contributed by atoms with Crippen LogP contribution in [0.2, 0.25) is 0 Å². The van der Waals surface area contributed by atoms with Gasteiger partial charge in [0.25, 0.3) is 0 Å². The quantitative estimate of drug-likeness (QED) is 0.189. The van der Waals surface area contributed by atoms with E-state index in [0.29, 0.717) is 36.3 Å². The summed E-state index contributed by atoms with van der Waals surface area (Å²) in [7, 11) is 1.60. The number of rotatable bonds is 13. The van der Waals surface area contributed by atoms with Crippen LogP contribution in [0.15, 0.2) is 18.5 Å². The lowest BCUT2D eigenvalue weighted by Crippen LogP contribution is -2.52. The third kappa shape index (κ3) is 7.65. The first-order valence-corrected chi connectivity index (χ1v) is 16.4. The van der Waals surface area contributed by atoms with E-state index >= 15 is 0 Å². The second-order valence-electron chi connectivity index (χ2n) is 12.6. The first-order chi connectivity index (χ1) is 21.6. The van der Waals surface area contributed by atoms with E-state index in [1.165, 1.54) is 23.7 Å². The number of carbonyl (C=O) groups is 3. The topological polar surface area (TPSA) is 179 Å². The summed E-state index contributed by atoms with van der Waals surface area (Å²) >= 11 is 0. The van der Waals surface area contributed by atoms with Crippen molar-refractivity contribution in [1.82, 2.24) is 19.9 Å². The zero-order valence-corrected chi connectivity index (χ0v) is 27.2. The molecule has 5 atom stereocenters. The van der Waals surface area contributed by atoms with Crippen LogP contribution in [-0.2, 0) is 34.3 Å². The summed E-state index contributed by atoms with van der Waals surface area (Å²) < 4.78 is 19.4. The number of hydrogen-bond donors (Lipinski definition) is 4. The normalized spacial score (nSPS) is 25.0. The van der Waals surface area contributed by atoms with Crippen molar-refractivity contribution in [2.75, 3.05) is 19.0 Å². The molecule has 2 aromatic rings. The minimum Gasteiger partial charge on any atom is -0.463 e. The van der Waals surface area contributed by atoms with E-state index in [0.717, 1.165) is 25.7 Å². The Morgan fingerprint density at radius 2 is 1.84 bits per heavy atom. The van der Waals surface area contributed by atoms with E-state index in [1.807, 2.05) is 13.8 Å². The van der Waals surface area contributed by atoms with Crippen molar-refractivity contribution in [3.63, 3.8) is 0 Å². The first kappa shape index (κ1) is 34.7. The molecule has 1 aliphatic heterocycles. The molecule has 1 saturated carbocycles. The number of likely N-dealkylation sites (N-methyl/N-ethyl adjacent to an activating group) is 1. The van der Waals surface area contributed by atoms with Crippen LogP contribution in [0.5, 0.6) is 0 Å². The molecule has 0 aromatic carbocycles. The number of nitrogens with one attached hydrogen (secondary N) is 2. The van der Waals surface area contributed by atoms with Gasteiger partial charge in [0.1, 0.15) is 36.7 Å². The van der Waals surface area contributed by atoms with Crippen LogP contribution in [0.25, 0.3) is 5.52 Å². The van der Waals surface area contributed by atoms with Crippen LogP contribution in [0.3, 0.4) is 0 Å². The lowest BCUT2D eigenvalue weighted by atomic mass is 9.97. The van der Waals surface area contributed by atoms with Crippen molar-refractivity contribution < 1.29 is 33.7 Å². The molecule has 13 nitrogen and oxygen atoms in total. The number of hydrogen-bond acceptors (Lipinski definition) is 11. The highest BCUT2D eigenvalue weighted by molar-refractivity contribution is 5.95. The van der Waals surface area contributed by atoms with Crippen LogP contribution in [0, 0.1) is 17.8 Å². The van der Waals surface area contributed by atoms with Gasteiger partial charge < -0.3 is 30.4 Å². The van der Waals surface area contributed by atoms with Crippen molar-refractivity contribution in [2.45, 2.75) is 116 Å². The maximum Gasteiger partial charge on any atom is 0.323 e. The molecule has 3 heterocycles. The largest absolute Gasteiger partial charge is 0.463 e. The van der Waals surface area contributed by atoms with Gasteiger partial charge in [0.2, 0.25) is 5.91 Å². The number of carbonyl (C=O) groups excluding carboxylic acids is 3. The number of aliphatic hydroxyl groups is 1. The van der Waals surface area contributed by atoms with Crippen LogP contribution < -0.4 is 16.4 Å². The zero-order chi connectivity index (χ0) is 32.7. The Morgan fingerprint density at radius 1 is 1.16 bits per heavy atom. The van der Waals surface area contributed by atoms with Crippen LogP contribution in [-0.4, -0.2) is 75.6 Å². The van der Waals surface area contributed by atoms with Gasteiger partial charge in [0, 0.05) is 12.3 Å². The summed E-state index contributed by atoms with van der Waals surface area (Å²) in [6.45, 7) is 7.26. The lowest BCUT2D eigenvalue weighted by Gasteiger charge is -2.31. The average molecular weight is 631 g/mol. The number of aromatic nitrogens is 3. The molecular weight excluding hydrogens is 580 g/mol. The highest BCUT2D eigenvalue weighted by atomic mass is 16.6. The van der Waals surface area contributed by atoms with Gasteiger partial charge >= 0.3 is 11.9 Å². The second-order valence-corrected chi connectivity index (χ2v) is 12.6. The Kier molecular flexibility index (Phi) is 11.9. The van der Waals surface area contributed by atoms with Gasteiger partial charge in [0.15, 0.2) is 17.6 Å². The molecule has 1 aliphatic carbocycles. The summed E-state index contributed by atoms with van der Waals surface area (Å²) in [6.07, 6.45) is 5.85. The number of aliphatic hydroxyl groups excluding tert-OH is 1. The highest BCUT2D eigenvalue weighted by Crippen LogP contribution is 2.40. The van der Waals surface area contributed by atoms with E-state index < -0.39 is 36.0 Å². The predicted octanol–water partition coefficient (Wildman–Crippen LogP) is 3.03. The molecule has 0 unspecified atom stereocenters. The lowest BCUT2D eigenvalue weighted by molar-refractivity contribution is -0.163. The van der Waals surface area contributed by atoms with Gasteiger partial charge in [-0.1, -0.05) is 53.4 Å². The molecule has 0 bridgehead atoms. The molecular formula is C32H50N6O7. The fraction of sp³-hybridized carbons (Fsp3) is 0.719. The molecule has 45 heavy (non-hydrogen) atoms. The molecule has 0 spiro atoms. The zero-order valence-electron chi connectivity index (χ0n) is 27.2. The third-order valence-electron chi connectivity index (χ3n) is 9.31. The average Bonchev–Trinajstić information content (AvgIpc) is 3.45. The molecule has 250 valence electrons. The van der Waals surface area contributed by atoms with Gasteiger partial charge in [-0.25, -0.2) is 9.50 Å². The Balaban J connectivity index is 1.62. The minimum atomic E-state index is -1.64. The van der Waals surface area contributed by atoms with Crippen molar-refractivity contribution >= 4 is 29.2 Å². The smallest absolute Gasteiger partial charge is 0.323 e. The third-order valence-corrected chi connectivity index (χ3v) is 9.31. The summed E-state index contributed by atoms with van der Waals surface area (Å²) in [4.78, 5) is 43.0. The number of nitrogens with two attached hydrogens (primary N) is 1. The van der Waals surface area contributed by atoms with E-state index in [-0.39, 0.29) is 36.2 Å². The van der Waals surface area contributed by atoms with Crippen molar-refractivity contribution in [1.29, 1.82) is 0 Å². The number of amides is 1. The number of fused-ring (bicyclic) bond motifs is 1. The minimum absolute atomic E-state index is 0.150. The van der Waals surface area contributed by atoms with Gasteiger partial charge in [-0.05, 0) is 56.7 Å². The maximum absolute atomic E-state index is 13.0. The number of esters is 2. The molecule has 2 aliphatic rings. The fourth-order valence-electron chi connectivity index (χ4n) is 6.34. The maximum atomic E-state index is 13.0. The summed E-state index contributed by atoms with van der Waals surface area (Å²) in [5.41, 5.74) is 5.29. The highest BCUT2D eigenvalue weighted by Gasteiger charge is 2.59. The van der Waals surface area contributed by atoms with Crippen LogP contribution in [0.1, 0.15) is 91.2 Å². The number of ether oxygens (including phenoxy) is 3. The summed E-state index contributed by atoms with van der Waals surface area (Å²) in [6, 6.07) is 2.47. The van der Waals surface area contributed by atoms with E-state index in [2.05, 4.69) is 20.7 Å². The standard InChI is InChI=1S/C32H50N6O7/c1-6-21(7-2)30(41)37-29-22-14-15-24(38(22)36-18-35-29)32(34-5)28(40)27(44-31(42)26(33)19(3)4)23(45-32)17-43-25(39)16-20-12-10-8-9-11-13-20/h14-15,18-21,23,26-28,34,40H,6-13,16-17,33H2,1-5H3,(H,35,36,37,41)/t23-,26+,27-,28-,32+/m1/s1. The van der Waals surface area contributed by atoms with E-state index in [4.69, 9.17) is 19.9 Å². The molecule has 5 N–H and O–H groups in total. The molecule has 1 saturated heterocycles. The number of nitrogens with zero attached hydrogens (tertiary/aromatic N) is 3. The molecule has 4 rings (SSSR count). The monoisotopic (exact) mass is 630 g/mol. The molecule has 13 heteroatoms. The van der Waals surface area contributed by atoms with Crippen LogP contribution in [0.4, 0.5) is 5.82 Å². The summed E-state index contributed by atoms with van der Waals surface area (Å²) in [5, 5.41) is 22.1. The van der Waals surface area contributed by atoms with E-state index in [1.54, 1.807) is 33.0 Å². The second kappa shape index (κ2) is 15.4. The first-order valence-electron chi connectivity index (χ1n) is 16.4. The summed E-state index contributed by atoms with van der Waals surface area (Å²) in [5.74, 6) is -1.00. The predicted molar refractivity (Wildman–Crippen MR) is 167 cm³/mol. The van der Waals surface area contributed by atoms with Crippen molar-refractivity contribution in [2.24, 2.45) is 23.5 Å². The van der Waals surface area contributed by atoms with Gasteiger partial charge in [-0.3, -0.25) is 19.7 Å². The Morgan fingerprint density at radius 3 is 2.47 bits per heavy atom. The van der Waals surface area contributed by atoms with Crippen LogP contribution >= 0.6 is 0 Å². The fourth-order valence-corrected chi connectivity index (χ4v) is 6.34. The Bertz CT molecular complexity index is 1310. The van der Waals surface area contributed by atoms with Crippen molar-refractivity contribution in [3.8, 4) is 0 Å². The molecule has 0 radical (unpaired) electrons. The molecule has 1 amide bonds. The Labute approximate surface area is 264 Å². The van der Waals surface area contributed by atoms with Crippen molar-refractivity contribution in [3.05, 3.63) is 24.2 Å². The SMILES string of the molecule is CCC(CC)C(=O)Nc1ncnn2c([C@]3(NC)O[C@H](COC(=O)CC4CCCCCC4)[C@@H](OC(=O)[C@@H](N)C(C)C)[C@H]3O)ccc12. The van der Waals surface area contributed by atoms with Gasteiger partial charge in [0.05, 0.1) is 5.69 Å². The van der Waals surface area contributed by atoms with Gasteiger partial charge in [-0.2, -0.15) is 5.10 Å². The number of anilines is 1. The Hall–Kier alpha value is -3.13.